The number of nitrogens with zero attached hydrogens (tertiary/aromatic N) is 2. The summed E-state index contributed by atoms with van der Waals surface area (Å²) in [5, 5.41) is 1.24. The molecule has 4 heteroatoms. The summed E-state index contributed by atoms with van der Waals surface area (Å²) in [6.45, 7) is 4.02. The Labute approximate surface area is 113 Å². The number of fused-ring (bicyclic) bond motifs is 1. The minimum Gasteiger partial charge on any atom is -0.345 e. The highest BCUT2D eigenvalue weighted by Crippen LogP contribution is 2.40. The van der Waals surface area contributed by atoms with Gasteiger partial charge in [-0.25, -0.2) is 4.98 Å². The van der Waals surface area contributed by atoms with E-state index in [1.807, 2.05) is 11.3 Å². The third kappa shape index (κ3) is 2.05. The van der Waals surface area contributed by atoms with Gasteiger partial charge in [0.2, 0.25) is 0 Å². The van der Waals surface area contributed by atoms with E-state index >= 15 is 0 Å². The molecule has 0 spiro atoms. The van der Waals surface area contributed by atoms with Crippen molar-refractivity contribution in [2.45, 2.75) is 58.0 Å². The van der Waals surface area contributed by atoms with E-state index in [0.29, 0.717) is 6.54 Å². The van der Waals surface area contributed by atoms with Gasteiger partial charge in [-0.15, -0.1) is 11.3 Å². The van der Waals surface area contributed by atoms with Gasteiger partial charge in [-0.05, 0) is 31.6 Å². The number of hydrogen-bond donors (Lipinski definition) is 1. The minimum atomic E-state index is 0.642. The largest absolute Gasteiger partial charge is 0.345 e. The number of aromatic nitrogens is 1. The molecule has 0 amide bonds. The molecule has 0 bridgehead atoms. The molecule has 1 saturated carbocycles. The first-order chi connectivity index (χ1) is 8.83. The molecule has 0 aromatic carbocycles. The van der Waals surface area contributed by atoms with Crippen molar-refractivity contribution in [3.8, 4) is 0 Å². The predicted octanol–water partition coefficient (Wildman–Crippen LogP) is 2.93. The lowest BCUT2D eigenvalue weighted by Crippen LogP contribution is -2.34. The molecule has 100 valence electrons. The summed E-state index contributed by atoms with van der Waals surface area (Å²) < 4.78 is 0. The van der Waals surface area contributed by atoms with Crippen LogP contribution in [-0.4, -0.2) is 17.6 Å². The molecule has 2 aliphatic rings. The summed E-state index contributed by atoms with van der Waals surface area (Å²) in [6.07, 6.45) is 7.99. The molecule has 2 heterocycles. The van der Waals surface area contributed by atoms with Crippen LogP contribution in [0.5, 0.6) is 0 Å². The van der Waals surface area contributed by atoms with Gasteiger partial charge in [0.05, 0.1) is 5.69 Å². The standard InChI is InChI=1S/C14H23N3S/c1-2-11-13(9-15)18-14(16-11)17-8-7-10-5-3-4-6-12(10)17/h10,12H,2-9,15H2,1H3. The molecule has 3 nitrogen and oxygen atoms in total. The zero-order valence-electron chi connectivity index (χ0n) is 11.2. The van der Waals surface area contributed by atoms with E-state index in [1.165, 1.54) is 54.4 Å². The van der Waals surface area contributed by atoms with E-state index in [-0.39, 0.29) is 0 Å². The molecule has 1 aliphatic heterocycles. The van der Waals surface area contributed by atoms with Crippen molar-refractivity contribution in [3.05, 3.63) is 10.6 Å². The first-order valence-corrected chi connectivity index (χ1v) is 8.10. The smallest absolute Gasteiger partial charge is 0.186 e. The van der Waals surface area contributed by atoms with Crippen molar-refractivity contribution in [2.24, 2.45) is 11.7 Å². The van der Waals surface area contributed by atoms with Crippen molar-refractivity contribution < 1.29 is 0 Å². The van der Waals surface area contributed by atoms with E-state index in [2.05, 4.69) is 11.8 Å². The Hall–Kier alpha value is -0.610. The molecule has 1 aliphatic carbocycles. The lowest BCUT2D eigenvalue weighted by Gasteiger charge is -2.31. The second-order valence-electron chi connectivity index (χ2n) is 5.52. The maximum Gasteiger partial charge on any atom is 0.186 e. The molecule has 2 unspecified atom stereocenters. The van der Waals surface area contributed by atoms with Gasteiger partial charge in [-0.2, -0.15) is 0 Å². The number of rotatable bonds is 3. The van der Waals surface area contributed by atoms with Crippen molar-refractivity contribution >= 4 is 16.5 Å². The Morgan fingerprint density at radius 3 is 2.89 bits per heavy atom. The molecule has 1 aromatic heterocycles. The first kappa shape index (κ1) is 12.4. The van der Waals surface area contributed by atoms with Gasteiger partial charge < -0.3 is 10.6 Å². The van der Waals surface area contributed by atoms with Crippen LogP contribution in [0, 0.1) is 5.92 Å². The zero-order chi connectivity index (χ0) is 12.5. The highest BCUT2D eigenvalue weighted by molar-refractivity contribution is 7.15. The molecule has 18 heavy (non-hydrogen) atoms. The van der Waals surface area contributed by atoms with Crippen LogP contribution in [0.15, 0.2) is 0 Å². The van der Waals surface area contributed by atoms with Crippen LogP contribution in [0.4, 0.5) is 5.13 Å². The number of hydrogen-bond acceptors (Lipinski definition) is 4. The van der Waals surface area contributed by atoms with E-state index < -0.39 is 0 Å². The second kappa shape index (κ2) is 5.17. The fourth-order valence-corrected chi connectivity index (χ4v) is 4.68. The van der Waals surface area contributed by atoms with Crippen LogP contribution < -0.4 is 10.6 Å². The molecule has 3 rings (SSSR count). The number of nitrogens with two attached hydrogens (primary N) is 1. The van der Waals surface area contributed by atoms with E-state index in [1.54, 1.807) is 0 Å². The van der Waals surface area contributed by atoms with Gasteiger partial charge in [-0.1, -0.05) is 19.8 Å². The molecule has 2 atom stereocenters. The van der Waals surface area contributed by atoms with Gasteiger partial charge >= 0.3 is 0 Å². The Balaban J connectivity index is 1.84. The molecule has 0 radical (unpaired) electrons. The summed E-state index contributed by atoms with van der Waals surface area (Å²) in [6, 6.07) is 0.764. The monoisotopic (exact) mass is 265 g/mol. The van der Waals surface area contributed by atoms with Gasteiger partial charge in [-0.3, -0.25) is 0 Å². The molecular weight excluding hydrogens is 242 g/mol. The molecule has 2 N–H and O–H groups in total. The third-order valence-electron chi connectivity index (χ3n) is 4.54. The predicted molar refractivity (Wildman–Crippen MR) is 77.1 cm³/mol. The summed E-state index contributed by atoms with van der Waals surface area (Å²) in [5.41, 5.74) is 7.04. The highest BCUT2D eigenvalue weighted by Gasteiger charge is 2.37. The normalized spacial score (nSPS) is 27.6. The van der Waals surface area contributed by atoms with Crippen molar-refractivity contribution in [1.82, 2.24) is 4.98 Å². The Morgan fingerprint density at radius 1 is 1.33 bits per heavy atom. The summed E-state index contributed by atoms with van der Waals surface area (Å²) in [7, 11) is 0. The topological polar surface area (TPSA) is 42.2 Å². The lowest BCUT2D eigenvalue weighted by atomic mass is 9.85. The number of aryl methyl sites for hydroxylation is 1. The Bertz CT molecular complexity index is 394. The van der Waals surface area contributed by atoms with Crippen LogP contribution >= 0.6 is 11.3 Å². The van der Waals surface area contributed by atoms with Gasteiger partial charge in [0, 0.05) is 24.0 Å². The molecule has 1 aromatic rings. The highest BCUT2D eigenvalue weighted by atomic mass is 32.1. The van der Waals surface area contributed by atoms with E-state index in [9.17, 15) is 0 Å². The molecule has 1 saturated heterocycles. The van der Waals surface area contributed by atoms with Crippen molar-refractivity contribution in [3.63, 3.8) is 0 Å². The van der Waals surface area contributed by atoms with Crippen molar-refractivity contribution in [2.75, 3.05) is 11.4 Å². The van der Waals surface area contributed by atoms with Gasteiger partial charge in [0.1, 0.15) is 0 Å². The Kier molecular flexibility index (Phi) is 3.57. The summed E-state index contributed by atoms with van der Waals surface area (Å²) in [5.74, 6) is 0.925. The second-order valence-corrected chi connectivity index (χ2v) is 6.58. The average molecular weight is 265 g/mol. The molecular formula is C14H23N3S. The van der Waals surface area contributed by atoms with Gasteiger partial charge in [0.25, 0.3) is 0 Å². The van der Waals surface area contributed by atoms with E-state index in [0.717, 1.165) is 18.4 Å². The van der Waals surface area contributed by atoms with Crippen LogP contribution in [0.25, 0.3) is 0 Å². The average Bonchev–Trinajstić information content (AvgIpc) is 3.01. The third-order valence-corrected chi connectivity index (χ3v) is 5.70. The first-order valence-electron chi connectivity index (χ1n) is 7.28. The molecule has 2 fully saturated rings. The summed E-state index contributed by atoms with van der Waals surface area (Å²) in [4.78, 5) is 8.70. The fourth-order valence-electron chi connectivity index (χ4n) is 3.57. The van der Waals surface area contributed by atoms with Crippen LogP contribution in [0.3, 0.4) is 0 Å². The van der Waals surface area contributed by atoms with Crippen LogP contribution in [0.1, 0.15) is 49.6 Å². The fraction of sp³-hybridized carbons (Fsp3) is 0.786. The quantitative estimate of drug-likeness (QED) is 0.913. The lowest BCUT2D eigenvalue weighted by molar-refractivity contribution is 0.342. The van der Waals surface area contributed by atoms with Gasteiger partial charge in [0.15, 0.2) is 5.13 Å². The maximum absolute atomic E-state index is 5.82. The van der Waals surface area contributed by atoms with Crippen LogP contribution in [-0.2, 0) is 13.0 Å². The minimum absolute atomic E-state index is 0.642. The van der Waals surface area contributed by atoms with Crippen LogP contribution in [0.2, 0.25) is 0 Å². The SMILES string of the molecule is CCc1nc(N2CCC3CCCCC32)sc1CN. The number of thiazole rings is 1. The van der Waals surface area contributed by atoms with Crippen molar-refractivity contribution in [1.29, 1.82) is 0 Å². The Morgan fingerprint density at radius 2 is 2.17 bits per heavy atom. The van der Waals surface area contributed by atoms with E-state index in [4.69, 9.17) is 10.7 Å². The number of anilines is 1. The zero-order valence-corrected chi connectivity index (χ0v) is 12.0. The summed E-state index contributed by atoms with van der Waals surface area (Å²) >= 11 is 1.83. The maximum atomic E-state index is 5.82.